The number of hydrogen-bond acceptors (Lipinski definition) is 3. The Bertz CT molecular complexity index is 434. The molecule has 4 heteroatoms. The molecular weight excluding hydrogens is 242 g/mol. The number of carbonyl (C=O) groups excluding carboxylic acids is 1. The number of anilines is 1. The average Bonchev–Trinajstić information content (AvgIpc) is 3.12. The van der Waals surface area contributed by atoms with Crippen LogP contribution in [0.3, 0.4) is 0 Å². The van der Waals surface area contributed by atoms with Crippen LogP contribution < -0.4 is 5.32 Å². The molecule has 2 fully saturated rings. The molecule has 0 aromatic heterocycles. The zero-order chi connectivity index (χ0) is 13.1. The van der Waals surface area contributed by atoms with Gasteiger partial charge in [-0.15, -0.1) is 0 Å². The number of fused-ring (bicyclic) bond motifs is 1. The highest BCUT2D eigenvalue weighted by atomic mass is 16.6. The Morgan fingerprint density at radius 2 is 1.89 bits per heavy atom. The molecule has 3 atom stereocenters. The van der Waals surface area contributed by atoms with Gasteiger partial charge in [-0.2, -0.15) is 0 Å². The van der Waals surface area contributed by atoms with E-state index in [0.29, 0.717) is 12.2 Å². The SMILES string of the molecule is O=C(Nc1ccccc1)O[C@@H]1CCC[C@@H]2O[C@@H]2CC1. The van der Waals surface area contributed by atoms with Crippen molar-refractivity contribution in [1.29, 1.82) is 0 Å². The van der Waals surface area contributed by atoms with Crippen molar-refractivity contribution in [2.45, 2.75) is 50.4 Å². The Hall–Kier alpha value is -1.55. The fourth-order valence-electron chi connectivity index (χ4n) is 2.67. The molecule has 0 radical (unpaired) electrons. The fourth-order valence-corrected chi connectivity index (χ4v) is 2.67. The van der Waals surface area contributed by atoms with Gasteiger partial charge in [0.25, 0.3) is 0 Å². The van der Waals surface area contributed by atoms with Gasteiger partial charge in [0, 0.05) is 5.69 Å². The van der Waals surface area contributed by atoms with Gasteiger partial charge in [-0.3, -0.25) is 5.32 Å². The second kappa shape index (κ2) is 5.61. The summed E-state index contributed by atoms with van der Waals surface area (Å²) in [6.45, 7) is 0. The molecule has 102 valence electrons. The van der Waals surface area contributed by atoms with Crippen LogP contribution in [0.25, 0.3) is 0 Å². The molecule has 0 bridgehead atoms. The van der Waals surface area contributed by atoms with E-state index in [4.69, 9.17) is 9.47 Å². The monoisotopic (exact) mass is 261 g/mol. The minimum atomic E-state index is -0.356. The van der Waals surface area contributed by atoms with Crippen LogP contribution in [0.15, 0.2) is 30.3 Å². The zero-order valence-corrected chi connectivity index (χ0v) is 10.9. The number of amides is 1. The normalized spacial score (nSPS) is 29.6. The average molecular weight is 261 g/mol. The van der Waals surface area contributed by atoms with Crippen molar-refractivity contribution in [2.24, 2.45) is 0 Å². The highest BCUT2D eigenvalue weighted by molar-refractivity contribution is 5.84. The third-order valence-corrected chi connectivity index (χ3v) is 3.77. The van der Waals surface area contributed by atoms with Gasteiger partial charge in [0.15, 0.2) is 0 Å². The van der Waals surface area contributed by atoms with Crippen LogP contribution in [-0.4, -0.2) is 24.4 Å². The smallest absolute Gasteiger partial charge is 0.411 e. The molecule has 1 saturated heterocycles. The first kappa shape index (κ1) is 12.5. The molecule has 4 nitrogen and oxygen atoms in total. The van der Waals surface area contributed by atoms with Crippen LogP contribution in [0.1, 0.15) is 32.1 Å². The molecule has 1 saturated carbocycles. The largest absolute Gasteiger partial charge is 0.446 e. The van der Waals surface area contributed by atoms with Crippen molar-refractivity contribution in [3.05, 3.63) is 30.3 Å². The van der Waals surface area contributed by atoms with Crippen LogP contribution in [0, 0.1) is 0 Å². The number of ether oxygens (including phenoxy) is 2. The van der Waals surface area contributed by atoms with E-state index >= 15 is 0 Å². The molecule has 0 spiro atoms. The van der Waals surface area contributed by atoms with Crippen molar-refractivity contribution < 1.29 is 14.3 Å². The van der Waals surface area contributed by atoms with Crippen LogP contribution in [0.5, 0.6) is 0 Å². The molecule has 1 aromatic carbocycles. The van der Waals surface area contributed by atoms with E-state index in [9.17, 15) is 4.79 Å². The van der Waals surface area contributed by atoms with Crippen LogP contribution >= 0.6 is 0 Å². The highest BCUT2D eigenvalue weighted by Crippen LogP contribution is 2.34. The van der Waals surface area contributed by atoms with E-state index in [2.05, 4.69) is 5.32 Å². The summed E-state index contributed by atoms with van der Waals surface area (Å²) in [4.78, 5) is 11.8. The summed E-state index contributed by atoms with van der Waals surface area (Å²) in [5, 5.41) is 2.75. The van der Waals surface area contributed by atoms with E-state index in [1.807, 2.05) is 30.3 Å². The summed E-state index contributed by atoms with van der Waals surface area (Å²) in [5.41, 5.74) is 0.768. The lowest BCUT2D eigenvalue weighted by Gasteiger charge is -2.19. The van der Waals surface area contributed by atoms with Gasteiger partial charge >= 0.3 is 6.09 Å². The maximum absolute atomic E-state index is 11.8. The van der Waals surface area contributed by atoms with Crippen molar-refractivity contribution in [3.8, 4) is 0 Å². The van der Waals surface area contributed by atoms with Crippen molar-refractivity contribution in [1.82, 2.24) is 0 Å². The van der Waals surface area contributed by atoms with Crippen LogP contribution in [-0.2, 0) is 9.47 Å². The predicted octanol–water partition coefficient (Wildman–Crippen LogP) is 3.34. The number of epoxide rings is 1. The van der Waals surface area contributed by atoms with Gasteiger partial charge in [-0.05, 0) is 44.2 Å². The van der Waals surface area contributed by atoms with E-state index in [-0.39, 0.29) is 12.2 Å². The second-order valence-electron chi connectivity index (χ2n) is 5.24. The first-order chi connectivity index (χ1) is 9.31. The predicted molar refractivity (Wildman–Crippen MR) is 72.1 cm³/mol. The Balaban J connectivity index is 1.48. The molecule has 19 heavy (non-hydrogen) atoms. The number of para-hydroxylation sites is 1. The van der Waals surface area contributed by atoms with E-state index in [1.165, 1.54) is 0 Å². The molecule has 1 N–H and O–H groups in total. The van der Waals surface area contributed by atoms with E-state index < -0.39 is 0 Å². The standard InChI is InChI=1S/C15H19NO3/c17-15(16-11-5-2-1-3-6-11)18-12-7-4-8-13-14(19-13)10-9-12/h1-3,5-6,12-14H,4,7-10H2,(H,16,17)/t12-,13+,14-/m1/s1. The maximum Gasteiger partial charge on any atom is 0.411 e. The van der Waals surface area contributed by atoms with E-state index in [1.54, 1.807) is 0 Å². The van der Waals surface area contributed by atoms with Crippen molar-refractivity contribution in [2.75, 3.05) is 5.32 Å². The zero-order valence-electron chi connectivity index (χ0n) is 10.9. The van der Waals surface area contributed by atoms with Crippen LogP contribution in [0.2, 0.25) is 0 Å². The van der Waals surface area contributed by atoms with Crippen LogP contribution in [0.4, 0.5) is 10.5 Å². The summed E-state index contributed by atoms with van der Waals surface area (Å²) >= 11 is 0. The lowest BCUT2D eigenvalue weighted by Crippen LogP contribution is -2.24. The van der Waals surface area contributed by atoms with Gasteiger partial charge in [0.1, 0.15) is 6.10 Å². The fraction of sp³-hybridized carbons (Fsp3) is 0.533. The number of nitrogens with one attached hydrogen (secondary N) is 1. The topological polar surface area (TPSA) is 50.9 Å². The van der Waals surface area contributed by atoms with Crippen molar-refractivity contribution in [3.63, 3.8) is 0 Å². The molecule has 3 rings (SSSR count). The van der Waals surface area contributed by atoms with Gasteiger partial charge in [-0.1, -0.05) is 18.2 Å². The Labute approximate surface area is 113 Å². The number of benzene rings is 1. The van der Waals surface area contributed by atoms with Gasteiger partial charge in [-0.25, -0.2) is 4.79 Å². The van der Waals surface area contributed by atoms with Gasteiger partial charge < -0.3 is 9.47 Å². The van der Waals surface area contributed by atoms with Gasteiger partial charge in [0.2, 0.25) is 0 Å². The lowest BCUT2D eigenvalue weighted by molar-refractivity contribution is 0.0946. The maximum atomic E-state index is 11.8. The minimum Gasteiger partial charge on any atom is -0.446 e. The molecule has 1 amide bonds. The summed E-state index contributed by atoms with van der Waals surface area (Å²) in [5.74, 6) is 0. The third kappa shape index (κ3) is 3.47. The second-order valence-corrected chi connectivity index (χ2v) is 5.24. The minimum absolute atomic E-state index is 0.0221. The number of carbonyl (C=O) groups is 1. The quantitative estimate of drug-likeness (QED) is 0.831. The molecule has 1 aliphatic carbocycles. The summed E-state index contributed by atoms with van der Waals surface area (Å²) in [6, 6.07) is 9.38. The number of hydrogen-bond donors (Lipinski definition) is 1. The molecule has 2 aliphatic rings. The highest BCUT2D eigenvalue weighted by Gasteiger charge is 2.39. The molecule has 1 aliphatic heterocycles. The lowest BCUT2D eigenvalue weighted by atomic mass is 9.99. The summed E-state index contributed by atoms with van der Waals surface area (Å²) < 4.78 is 11.0. The molecular formula is C15H19NO3. The Morgan fingerprint density at radius 3 is 2.74 bits per heavy atom. The summed E-state index contributed by atoms with van der Waals surface area (Å²) in [6.07, 6.45) is 5.60. The van der Waals surface area contributed by atoms with Crippen molar-refractivity contribution >= 4 is 11.8 Å². The number of rotatable bonds is 2. The molecule has 1 aromatic rings. The Morgan fingerprint density at radius 1 is 1.11 bits per heavy atom. The van der Waals surface area contributed by atoms with Gasteiger partial charge in [0.05, 0.1) is 12.2 Å². The first-order valence-electron chi connectivity index (χ1n) is 6.99. The molecule has 1 heterocycles. The summed E-state index contributed by atoms with van der Waals surface area (Å²) in [7, 11) is 0. The van der Waals surface area contributed by atoms with E-state index in [0.717, 1.165) is 37.8 Å². The Kier molecular flexibility index (Phi) is 3.69. The molecule has 0 unspecified atom stereocenters. The third-order valence-electron chi connectivity index (χ3n) is 3.77. The first-order valence-corrected chi connectivity index (χ1v) is 6.99.